The third kappa shape index (κ3) is 3.54. The first-order valence-corrected chi connectivity index (χ1v) is 10.5. The summed E-state index contributed by atoms with van der Waals surface area (Å²) in [7, 11) is 0. The van der Waals surface area contributed by atoms with Crippen LogP contribution in [0.5, 0.6) is 0 Å². The number of benzene rings is 1. The molecule has 1 unspecified atom stereocenters. The number of hydrogen-bond donors (Lipinski definition) is 1. The Balaban J connectivity index is 1.43. The van der Waals surface area contributed by atoms with Crippen LogP contribution in [-0.4, -0.2) is 30.8 Å². The van der Waals surface area contributed by atoms with Gasteiger partial charge in [-0.1, -0.05) is 13.0 Å². The summed E-state index contributed by atoms with van der Waals surface area (Å²) in [6.07, 6.45) is 1.50. The van der Waals surface area contributed by atoms with Gasteiger partial charge in [-0.15, -0.1) is 11.3 Å². The number of thiophene rings is 1. The Kier molecular flexibility index (Phi) is 5.17. The van der Waals surface area contributed by atoms with E-state index in [9.17, 15) is 14.4 Å². The molecule has 1 atom stereocenters. The van der Waals surface area contributed by atoms with Gasteiger partial charge in [0, 0.05) is 42.2 Å². The molecule has 0 spiro atoms. The summed E-state index contributed by atoms with van der Waals surface area (Å²) >= 11 is 1.60. The van der Waals surface area contributed by atoms with Crippen LogP contribution in [0.25, 0.3) is 0 Å². The Hall–Kier alpha value is -2.67. The maximum atomic E-state index is 12.5. The molecule has 0 aliphatic carbocycles. The molecule has 0 bridgehead atoms. The smallest absolute Gasteiger partial charge is 0.227 e. The van der Waals surface area contributed by atoms with E-state index in [1.807, 2.05) is 47.5 Å². The van der Waals surface area contributed by atoms with Crippen LogP contribution < -0.4 is 15.1 Å². The number of rotatable bonds is 5. The van der Waals surface area contributed by atoms with Gasteiger partial charge in [-0.3, -0.25) is 14.4 Å². The van der Waals surface area contributed by atoms with E-state index < -0.39 is 0 Å². The highest BCUT2D eigenvalue weighted by molar-refractivity contribution is 7.09. The predicted molar refractivity (Wildman–Crippen MR) is 109 cm³/mol. The zero-order valence-electron chi connectivity index (χ0n) is 15.8. The number of hydrogen-bond acceptors (Lipinski definition) is 4. The van der Waals surface area contributed by atoms with E-state index in [1.165, 1.54) is 0 Å². The summed E-state index contributed by atoms with van der Waals surface area (Å²) < 4.78 is 0. The lowest BCUT2D eigenvalue weighted by Crippen LogP contribution is -2.32. The van der Waals surface area contributed by atoms with E-state index in [0.29, 0.717) is 26.1 Å². The summed E-state index contributed by atoms with van der Waals surface area (Å²) in [4.78, 5) is 41.7. The van der Waals surface area contributed by atoms with Crippen molar-refractivity contribution in [2.75, 3.05) is 22.9 Å². The fourth-order valence-corrected chi connectivity index (χ4v) is 4.52. The van der Waals surface area contributed by atoms with E-state index >= 15 is 0 Å². The molecule has 7 heteroatoms. The monoisotopic (exact) mass is 397 g/mol. The lowest BCUT2D eigenvalue weighted by Gasteiger charge is -2.20. The highest BCUT2D eigenvalue weighted by Crippen LogP contribution is 2.34. The number of fused-ring (bicyclic) bond motifs is 1. The fraction of sp³-hybridized carbons (Fsp3) is 0.381. The highest BCUT2D eigenvalue weighted by atomic mass is 32.1. The Morgan fingerprint density at radius 3 is 2.89 bits per heavy atom. The molecule has 4 rings (SSSR count). The molecule has 6 nitrogen and oxygen atoms in total. The molecular weight excluding hydrogens is 374 g/mol. The standard InChI is InChI=1S/C21H23N3O3S/c1-2-19(25)23-8-7-14-10-16(5-6-18(14)23)24-13-15(11-20(24)26)21(27)22-12-17-4-3-9-28-17/h3-6,9-10,15H,2,7-8,11-13H2,1H3,(H,22,27). The van der Waals surface area contributed by atoms with Gasteiger partial charge in [0.2, 0.25) is 17.7 Å². The molecular formula is C21H23N3O3S. The molecule has 2 aliphatic heterocycles. The number of nitrogens with zero attached hydrogens (tertiary/aromatic N) is 2. The van der Waals surface area contributed by atoms with E-state index in [2.05, 4.69) is 5.32 Å². The largest absolute Gasteiger partial charge is 0.351 e. The minimum Gasteiger partial charge on any atom is -0.351 e. The fourth-order valence-electron chi connectivity index (χ4n) is 3.87. The number of carbonyl (C=O) groups is 3. The molecule has 2 aliphatic rings. The normalized spacial score (nSPS) is 18.5. The minimum absolute atomic E-state index is 0.0317. The van der Waals surface area contributed by atoms with E-state index in [0.717, 1.165) is 28.2 Å². The predicted octanol–water partition coefficient (Wildman–Crippen LogP) is 2.72. The molecule has 1 aromatic carbocycles. The van der Waals surface area contributed by atoms with Crippen molar-refractivity contribution in [3.8, 4) is 0 Å². The first kappa shape index (κ1) is 18.7. The van der Waals surface area contributed by atoms with Gasteiger partial charge in [0.05, 0.1) is 12.5 Å². The van der Waals surface area contributed by atoms with Crippen LogP contribution >= 0.6 is 11.3 Å². The molecule has 1 aromatic heterocycles. The summed E-state index contributed by atoms with van der Waals surface area (Å²) in [5, 5.41) is 4.91. The van der Waals surface area contributed by atoms with Crippen molar-refractivity contribution in [2.45, 2.75) is 32.7 Å². The Morgan fingerprint density at radius 1 is 1.29 bits per heavy atom. The molecule has 2 aromatic rings. The second-order valence-corrected chi connectivity index (χ2v) is 8.20. The van der Waals surface area contributed by atoms with Crippen LogP contribution in [0.2, 0.25) is 0 Å². The minimum atomic E-state index is -0.334. The number of amides is 3. The Labute approximate surface area is 168 Å². The maximum absolute atomic E-state index is 12.5. The SMILES string of the molecule is CCC(=O)N1CCc2cc(N3CC(C(=O)NCc4cccs4)CC3=O)ccc21. The van der Waals surface area contributed by atoms with Crippen LogP contribution in [0.15, 0.2) is 35.7 Å². The van der Waals surface area contributed by atoms with Crippen molar-refractivity contribution >= 4 is 40.4 Å². The average Bonchev–Trinajstić information content (AvgIpc) is 3.44. The van der Waals surface area contributed by atoms with Crippen molar-refractivity contribution in [1.82, 2.24) is 5.32 Å². The second kappa shape index (κ2) is 7.75. The van der Waals surface area contributed by atoms with Crippen molar-refractivity contribution in [2.24, 2.45) is 5.92 Å². The number of carbonyl (C=O) groups excluding carboxylic acids is 3. The molecule has 0 saturated carbocycles. The molecule has 1 N–H and O–H groups in total. The Morgan fingerprint density at radius 2 is 2.14 bits per heavy atom. The van der Waals surface area contributed by atoms with Gasteiger partial charge in [0.15, 0.2) is 0 Å². The van der Waals surface area contributed by atoms with Crippen LogP contribution in [0.3, 0.4) is 0 Å². The number of nitrogens with one attached hydrogen (secondary N) is 1. The van der Waals surface area contributed by atoms with E-state index in [-0.39, 0.29) is 30.1 Å². The first-order chi connectivity index (χ1) is 13.6. The maximum Gasteiger partial charge on any atom is 0.227 e. The van der Waals surface area contributed by atoms with Crippen molar-refractivity contribution in [3.63, 3.8) is 0 Å². The van der Waals surface area contributed by atoms with Gasteiger partial charge in [0.1, 0.15) is 0 Å². The average molecular weight is 398 g/mol. The van der Waals surface area contributed by atoms with Gasteiger partial charge in [-0.05, 0) is 41.6 Å². The van der Waals surface area contributed by atoms with Gasteiger partial charge in [-0.25, -0.2) is 0 Å². The van der Waals surface area contributed by atoms with Gasteiger partial charge in [0.25, 0.3) is 0 Å². The van der Waals surface area contributed by atoms with Crippen LogP contribution in [0.4, 0.5) is 11.4 Å². The summed E-state index contributed by atoms with van der Waals surface area (Å²) in [5.74, 6) is -0.328. The molecule has 1 fully saturated rings. The van der Waals surface area contributed by atoms with Gasteiger partial charge in [-0.2, -0.15) is 0 Å². The van der Waals surface area contributed by atoms with Gasteiger partial charge < -0.3 is 15.1 Å². The van der Waals surface area contributed by atoms with Crippen molar-refractivity contribution in [3.05, 3.63) is 46.2 Å². The third-order valence-electron chi connectivity index (χ3n) is 5.39. The number of anilines is 2. The van der Waals surface area contributed by atoms with Gasteiger partial charge >= 0.3 is 0 Å². The van der Waals surface area contributed by atoms with Crippen LogP contribution in [0.1, 0.15) is 30.2 Å². The Bertz CT molecular complexity index is 910. The van der Waals surface area contributed by atoms with E-state index in [4.69, 9.17) is 0 Å². The summed E-state index contributed by atoms with van der Waals surface area (Å²) in [6.45, 7) is 3.45. The van der Waals surface area contributed by atoms with Crippen molar-refractivity contribution < 1.29 is 14.4 Å². The molecule has 3 heterocycles. The quantitative estimate of drug-likeness (QED) is 0.843. The molecule has 1 saturated heterocycles. The van der Waals surface area contributed by atoms with E-state index in [1.54, 1.807) is 16.2 Å². The zero-order chi connectivity index (χ0) is 19.7. The highest BCUT2D eigenvalue weighted by Gasteiger charge is 2.35. The molecule has 3 amide bonds. The lowest BCUT2D eigenvalue weighted by atomic mass is 10.1. The molecule has 28 heavy (non-hydrogen) atoms. The third-order valence-corrected chi connectivity index (χ3v) is 6.26. The summed E-state index contributed by atoms with van der Waals surface area (Å²) in [6, 6.07) is 9.72. The molecule has 0 radical (unpaired) electrons. The zero-order valence-corrected chi connectivity index (χ0v) is 16.6. The topological polar surface area (TPSA) is 69.7 Å². The summed E-state index contributed by atoms with van der Waals surface area (Å²) in [5.41, 5.74) is 2.83. The first-order valence-electron chi connectivity index (χ1n) is 9.60. The second-order valence-electron chi connectivity index (χ2n) is 7.16. The van der Waals surface area contributed by atoms with Crippen LogP contribution in [-0.2, 0) is 27.3 Å². The molecule has 146 valence electrons. The lowest BCUT2D eigenvalue weighted by molar-refractivity contribution is -0.126. The van der Waals surface area contributed by atoms with Crippen molar-refractivity contribution in [1.29, 1.82) is 0 Å². The van der Waals surface area contributed by atoms with Crippen LogP contribution in [0, 0.1) is 5.92 Å².